The van der Waals surface area contributed by atoms with Crippen molar-refractivity contribution in [2.75, 3.05) is 19.7 Å². The van der Waals surface area contributed by atoms with Gasteiger partial charge < -0.3 is 15.0 Å². The Balaban J connectivity index is 1.68. The van der Waals surface area contributed by atoms with Crippen molar-refractivity contribution in [2.24, 2.45) is 0 Å². The van der Waals surface area contributed by atoms with E-state index in [4.69, 9.17) is 4.74 Å². The van der Waals surface area contributed by atoms with Crippen LogP contribution in [0.3, 0.4) is 0 Å². The highest BCUT2D eigenvalue weighted by Crippen LogP contribution is 2.38. The van der Waals surface area contributed by atoms with Crippen LogP contribution in [0.4, 0.5) is 0 Å². The summed E-state index contributed by atoms with van der Waals surface area (Å²) in [5, 5.41) is 2.83. The molecule has 0 fully saturated rings. The minimum Gasteiger partial charge on any atom is -0.484 e. The molecule has 5 nitrogen and oxygen atoms in total. The van der Waals surface area contributed by atoms with Gasteiger partial charge in [-0.2, -0.15) is 0 Å². The zero-order valence-corrected chi connectivity index (χ0v) is 19.2. The van der Waals surface area contributed by atoms with E-state index in [1.807, 2.05) is 60.4 Å². The molecule has 0 aliphatic carbocycles. The van der Waals surface area contributed by atoms with Crippen LogP contribution in [0.5, 0.6) is 5.75 Å². The van der Waals surface area contributed by atoms with Crippen LogP contribution in [0, 0.1) is 6.92 Å². The van der Waals surface area contributed by atoms with Gasteiger partial charge in [-0.15, -0.1) is 0 Å². The number of nitrogens with one attached hydrogen (secondary N) is 1. The normalized spacial score (nSPS) is 15.0. The highest BCUT2D eigenvalue weighted by atomic mass is 16.5. The molecule has 0 saturated carbocycles. The summed E-state index contributed by atoms with van der Waals surface area (Å²) in [6, 6.07) is 23.5. The fraction of sp³-hybridized carbons (Fsp3) is 0.286. The maximum Gasteiger partial charge on any atom is 0.257 e. The number of hydrogen-bond donors (Lipinski definition) is 1. The van der Waals surface area contributed by atoms with Crippen molar-refractivity contribution >= 4 is 11.8 Å². The second kappa shape index (κ2) is 10.3. The lowest BCUT2D eigenvalue weighted by Crippen LogP contribution is -2.40. The Morgan fingerprint density at radius 2 is 1.85 bits per heavy atom. The van der Waals surface area contributed by atoms with E-state index in [0.29, 0.717) is 24.4 Å². The molecule has 0 saturated heterocycles. The van der Waals surface area contributed by atoms with Gasteiger partial charge in [-0.1, -0.05) is 61.0 Å². The van der Waals surface area contributed by atoms with Crippen LogP contribution < -0.4 is 10.1 Å². The number of carbonyl (C=O) groups is 2. The largest absolute Gasteiger partial charge is 0.484 e. The maximum absolute atomic E-state index is 13.5. The number of fused-ring (bicyclic) bond motifs is 1. The van der Waals surface area contributed by atoms with E-state index in [1.165, 1.54) is 5.56 Å². The summed E-state index contributed by atoms with van der Waals surface area (Å²) in [4.78, 5) is 27.5. The molecular formula is C28H30N2O3. The van der Waals surface area contributed by atoms with Crippen molar-refractivity contribution in [2.45, 2.75) is 32.7 Å². The average molecular weight is 443 g/mol. The highest BCUT2D eigenvalue weighted by molar-refractivity contribution is 5.95. The summed E-state index contributed by atoms with van der Waals surface area (Å²) >= 11 is 0. The molecule has 170 valence electrons. The molecule has 1 aliphatic rings. The summed E-state index contributed by atoms with van der Waals surface area (Å²) in [5.41, 5.74) is 5.13. The van der Waals surface area contributed by atoms with Gasteiger partial charge in [-0.05, 0) is 60.7 Å². The third-order valence-electron chi connectivity index (χ3n) is 5.93. The van der Waals surface area contributed by atoms with Crippen LogP contribution in [0.15, 0.2) is 72.8 Å². The summed E-state index contributed by atoms with van der Waals surface area (Å²) < 4.78 is 5.80. The average Bonchev–Trinajstić information content (AvgIpc) is 2.85. The Labute approximate surface area is 195 Å². The van der Waals surface area contributed by atoms with Crippen LogP contribution in [0.1, 0.15) is 52.0 Å². The first kappa shape index (κ1) is 22.6. The summed E-state index contributed by atoms with van der Waals surface area (Å²) in [7, 11) is 0. The van der Waals surface area contributed by atoms with Crippen molar-refractivity contribution < 1.29 is 14.3 Å². The highest BCUT2D eigenvalue weighted by Gasteiger charge is 2.33. The molecule has 1 heterocycles. The van der Waals surface area contributed by atoms with Crippen LogP contribution in [-0.4, -0.2) is 36.4 Å². The number of ether oxygens (including phenoxy) is 1. The topological polar surface area (TPSA) is 58.6 Å². The SMILES string of the molecule is CCCNC(=O)COc1ccc2c(c1)[C@H](c1cccc(C)c1)N(C(=O)c1ccccc1)CC2. The molecule has 5 heteroatoms. The van der Waals surface area contributed by atoms with Gasteiger partial charge in [0, 0.05) is 18.7 Å². The third kappa shape index (κ3) is 5.25. The molecule has 0 aromatic heterocycles. The lowest BCUT2D eigenvalue weighted by molar-refractivity contribution is -0.123. The van der Waals surface area contributed by atoms with Gasteiger partial charge in [-0.25, -0.2) is 0 Å². The molecule has 1 N–H and O–H groups in total. The summed E-state index contributed by atoms with van der Waals surface area (Å²) in [6.07, 6.45) is 1.65. The Morgan fingerprint density at radius 1 is 1.03 bits per heavy atom. The fourth-order valence-electron chi connectivity index (χ4n) is 4.31. The molecule has 0 spiro atoms. The molecule has 4 rings (SSSR count). The maximum atomic E-state index is 13.5. The number of rotatable bonds is 7. The number of hydrogen-bond acceptors (Lipinski definition) is 3. The van der Waals surface area contributed by atoms with E-state index in [1.54, 1.807) is 0 Å². The summed E-state index contributed by atoms with van der Waals surface area (Å²) in [6.45, 7) is 5.32. The molecule has 3 aromatic carbocycles. The Hall–Kier alpha value is -3.60. The van der Waals surface area contributed by atoms with Crippen molar-refractivity contribution in [3.63, 3.8) is 0 Å². The number of benzene rings is 3. The van der Waals surface area contributed by atoms with E-state index >= 15 is 0 Å². The Morgan fingerprint density at radius 3 is 2.61 bits per heavy atom. The van der Waals surface area contributed by atoms with Crippen molar-refractivity contribution in [3.8, 4) is 5.75 Å². The molecule has 0 bridgehead atoms. The molecule has 0 unspecified atom stereocenters. The van der Waals surface area contributed by atoms with Gasteiger partial charge in [-0.3, -0.25) is 9.59 Å². The zero-order chi connectivity index (χ0) is 23.2. The molecular weight excluding hydrogens is 412 g/mol. The smallest absolute Gasteiger partial charge is 0.257 e. The van der Waals surface area contributed by atoms with Gasteiger partial charge >= 0.3 is 0 Å². The van der Waals surface area contributed by atoms with Gasteiger partial charge in [0.15, 0.2) is 6.61 Å². The number of carbonyl (C=O) groups excluding carboxylic acids is 2. The molecule has 33 heavy (non-hydrogen) atoms. The Kier molecular flexibility index (Phi) is 7.08. The molecule has 2 amide bonds. The van der Waals surface area contributed by atoms with Crippen LogP contribution in [-0.2, 0) is 11.2 Å². The number of nitrogens with zero attached hydrogens (tertiary/aromatic N) is 1. The van der Waals surface area contributed by atoms with E-state index in [9.17, 15) is 9.59 Å². The number of amides is 2. The van der Waals surface area contributed by atoms with E-state index < -0.39 is 0 Å². The minimum absolute atomic E-state index is 0.0121. The minimum atomic E-state index is -0.223. The number of aryl methyl sites for hydroxylation is 1. The molecule has 1 atom stereocenters. The second-order valence-electron chi connectivity index (χ2n) is 8.43. The van der Waals surface area contributed by atoms with Crippen LogP contribution >= 0.6 is 0 Å². The Bertz CT molecular complexity index is 1130. The third-order valence-corrected chi connectivity index (χ3v) is 5.93. The quantitative estimate of drug-likeness (QED) is 0.578. The van der Waals surface area contributed by atoms with Crippen molar-refractivity contribution in [1.82, 2.24) is 10.2 Å². The van der Waals surface area contributed by atoms with Crippen LogP contribution in [0.2, 0.25) is 0 Å². The van der Waals surface area contributed by atoms with E-state index in [0.717, 1.165) is 29.5 Å². The first-order valence-corrected chi connectivity index (χ1v) is 11.5. The zero-order valence-electron chi connectivity index (χ0n) is 19.2. The lowest BCUT2D eigenvalue weighted by atomic mass is 9.87. The van der Waals surface area contributed by atoms with E-state index in [2.05, 4.69) is 36.5 Å². The predicted octanol–water partition coefficient (Wildman–Crippen LogP) is 4.69. The van der Waals surface area contributed by atoms with E-state index in [-0.39, 0.29) is 24.5 Å². The second-order valence-corrected chi connectivity index (χ2v) is 8.43. The van der Waals surface area contributed by atoms with Crippen LogP contribution in [0.25, 0.3) is 0 Å². The lowest BCUT2D eigenvalue weighted by Gasteiger charge is -2.38. The fourth-order valence-corrected chi connectivity index (χ4v) is 4.31. The first-order chi connectivity index (χ1) is 16.1. The molecule has 0 radical (unpaired) electrons. The van der Waals surface area contributed by atoms with Gasteiger partial charge in [0.1, 0.15) is 5.75 Å². The monoisotopic (exact) mass is 442 g/mol. The first-order valence-electron chi connectivity index (χ1n) is 11.5. The summed E-state index contributed by atoms with van der Waals surface area (Å²) in [5.74, 6) is 0.510. The van der Waals surface area contributed by atoms with Gasteiger partial charge in [0.2, 0.25) is 0 Å². The van der Waals surface area contributed by atoms with Gasteiger partial charge in [0.05, 0.1) is 6.04 Å². The van der Waals surface area contributed by atoms with Gasteiger partial charge in [0.25, 0.3) is 11.8 Å². The molecule has 1 aliphatic heterocycles. The predicted molar refractivity (Wildman–Crippen MR) is 129 cm³/mol. The molecule has 3 aromatic rings. The van der Waals surface area contributed by atoms with Crippen molar-refractivity contribution in [1.29, 1.82) is 0 Å². The van der Waals surface area contributed by atoms with Crippen molar-refractivity contribution in [3.05, 3.63) is 101 Å². The standard InChI is InChI=1S/C28H30N2O3/c1-3-15-29-26(31)19-33-24-13-12-21-14-16-30(28(32)22-9-5-4-6-10-22)27(25(21)18-24)23-11-7-8-20(2)17-23/h4-13,17-18,27H,3,14-16,19H2,1-2H3,(H,29,31)/t27-/m0/s1.